The maximum absolute atomic E-state index is 5.58. The Morgan fingerprint density at radius 1 is 1.11 bits per heavy atom. The molecule has 0 heterocycles. The Bertz CT molecular complexity index is 537. The van der Waals surface area contributed by atoms with Crippen molar-refractivity contribution in [3.05, 3.63) is 53.6 Å². The second-order valence-corrected chi connectivity index (χ2v) is 5.53. The van der Waals surface area contributed by atoms with E-state index in [2.05, 4.69) is 37.3 Å². The quantitative estimate of drug-likeness (QED) is 0.903. The largest absolute Gasteiger partial charge is 0.497 e. The molecule has 2 N–H and O–H groups in total. The summed E-state index contributed by atoms with van der Waals surface area (Å²) in [6, 6.07) is 14.7. The zero-order chi connectivity index (χ0) is 13.7. The molecule has 0 saturated heterocycles. The first-order chi connectivity index (χ1) is 9.22. The summed E-state index contributed by atoms with van der Waals surface area (Å²) in [4.78, 5) is 2.50. The summed E-state index contributed by atoms with van der Waals surface area (Å²) in [6.45, 7) is 2.84. The molecule has 0 spiro atoms. The van der Waals surface area contributed by atoms with Crippen molar-refractivity contribution in [2.24, 2.45) is 5.73 Å². The van der Waals surface area contributed by atoms with E-state index in [9.17, 15) is 0 Å². The maximum atomic E-state index is 5.58. The van der Waals surface area contributed by atoms with Gasteiger partial charge in [-0.2, -0.15) is 0 Å². The molecule has 2 aromatic rings. The van der Waals surface area contributed by atoms with E-state index in [1.54, 1.807) is 18.9 Å². The predicted molar refractivity (Wildman–Crippen MR) is 81.1 cm³/mol. The molecule has 0 unspecified atom stereocenters. The molecule has 0 amide bonds. The average molecular weight is 273 g/mol. The van der Waals surface area contributed by atoms with Crippen LogP contribution >= 0.6 is 11.8 Å². The van der Waals surface area contributed by atoms with Gasteiger partial charge in [0.2, 0.25) is 0 Å². The summed E-state index contributed by atoms with van der Waals surface area (Å²) >= 11 is 1.77. The molecule has 2 aromatic carbocycles. The first-order valence-corrected chi connectivity index (χ1v) is 7.16. The normalized spacial score (nSPS) is 10.5. The van der Waals surface area contributed by atoms with Crippen LogP contribution in [0, 0.1) is 6.92 Å². The van der Waals surface area contributed by atoms with Gasteiger partial charge in [-0.1, -0.05) is 23.9 Å². The van der Waals surface area contributed by atoms with Crippen molar-refractivity contribution in [3.63, 3.8) is 0 Å². The molecule has 2 rings (SSSR count). The van der Waals surface area contributed by atoms with Crippen molar-refractivity contribution in [3.8, 4) is 5.75 Å². The Morgan fingerprint density at radius 3 is 2.42 bits per heavy atom. The highest BCUT2D eigenvalue weighted by Gasteiger charge is 2.03. The molecule has 0 radical (unpaired) electrons. The number of aryl methyl sites for hydroxylation is 1. The lowest BCUT2D eigenvalue weighted by Gasteiger charge is -2.08. The third kappa shape index (κ3) is 3.75. The van der Waals surface area contributed by atoms with Crippen molar-refractivity contribution < 1.29 is 4.74 Å². The highest BCUT2D eigenvalue weighted by molar-refractivity contribution is 7.99. The molecule has 0 saturated carbocycles. The number of ether oxygens (including phenoxy) is 1. The number of nitrogens with two attached hydrogens (primary N) is 1. The van der Waals surface area contributed by atoms with Crippen molar-refractivity contribution in [1.82, 2.24) is 0 Å². The molecule has 0 bridgehead atoms. The lowest BCUT2D eigenvalue weighted by atomic mass is 10.1. The van der Waals surface area contributed by atoms with Gasteiger partial charge in [0, 0.05) is 9.79 Å². The zero-order valence-corrected chi connectivity index (χ0v) is 12.2. The van der Waals surface area contributed by atoms with Crippen molar-refractivity contribution >= 4 is 11.8 Å². The third-order valence-corrected chi connectivity index (χ3v) is 4.15. The van der Waals surface area contributed by atoms with Crippen LogP contribution in [0.2, 0.25) is 0 Å². The van der Waals surface area contributed by atoms with Crippen molar-refractivity contribution in [2.75, 3.05) is 13.7 Å². The molecule has 100 valence electrons. The summed E-state index contributed by atoms with van der Waals surface area (Å²) in [5.41, 5.74) is 8.19. The number of benzene rings is 2. The zero-order valence-electron chi connectivity index (χ0n) is 11.3. The summed E-state index contributed by atoms with van der Waals surface area (Å²) < 4.78 is 5.16. The lowest BCUT2D eigenvalue weighted by Crippen LogP contribution is -2.02. The van der Waals surface area contributed by atoms with E-state index in [-0.39, 0.29) is 0 Å². The van der Waals surface area contributed by atoms with Crippen LogP contribution in [-0.2, 0) is 6.42 Å². The second-order valence-electron chi connectivity index (χ2n) is 4.42. The Morgan fingerprint density at radius 2 is 1.84 bits per heavy atom. The molecular formula is C16H19NOS. The van der Waals surface area contributed by atoms with Gasteiger partial charge in [0.1, 0.15) is 5.75 Å². The highest BCUT2D eigenvalue weighted by atomic mass is 32.2. The van der Waals surface area contributed by atoms with Crippen LogP contribution in [0.15, 0.2) is 52.3 Å². The van der Waals surface area contributed by atoms with Gasteiger partial charge in [-0.3, -0.25) is 0 Å². The summed E-state index contributed by atoms with van der Waals surface area (Å²) in [5.74, 6) is 0.888. The molecule has 19 heavy (non-hydrogen) atoms. The summed E-state index contributed by atoms with van der Waals surface area (Å²) in [7, 11) is 1.68. The van der Waals surface area contributed by atoms with E-state index in [1.165, 1.54) is 20.9 Å². The minimum Gasteiger partial charge on any atom is -0.497 e. The Balaban J connectivity index is 2.13. The fourth-order valence-corrected chi connectivity index (χ4v) is 2.80. The fraction of sp³-hybridized carbons (Fsp3) is 0.250. The Labute approximate surface area is 119 Å². The molecule has 0 aliphatic carbocycles. The van der Waals surface area contributed by atoms with Crippen LogP contribution in [0.3, 0.4) is 0 Å². The van der Waals surface area contributed by atoms with Crippen LogP contribution in [0.5, 0.6) is 5.75 Å². The van der Waals surface area contributed by atoms with Gasteiger partial charge in [0.25, 0.3) is 0 Å². The van der Waals surface area contributed by atoms with Crippen molar-refractivity contribution in [2.45, 2.75) is 23.1 Å². The lowest BCUT2D eigenvalue weighted by molar-refractivity contribution is 0.414. The number of hydrogen-bond acceptors (Lipinski definition) is 3. The van der Waals surface area contributed by atoms with E-state index in [0.29, 0.717) is 6.54 Å². The molecule has 0 aliphatic heterocycles. The molecule has 0 aromatic heterocycles. The topological polar surface area (TPSA) is 35.2 Å². The summed E-state index contributed by atoms with van der Waals surface area (Å²) in [5, 5.41) is 0. The molecule has 0 atom stereocenters. The van der Waals surface area contributed by atoms with E-state index in [1.807, 2.05) is 12.1 Å². The summed E-state index contributed by atoms with van der Waals surface area (Å²) in [6.07, 6.45) is 0.939. The van der Waals surface area contributed by atoms with E-state index >= 15 is 0 Å². The second kappa shape index (κ2) is 6.64. The van der Waals surface area contributed by atoms with Gasteiger partial charge in [-0.05, 0) is 61.3 Å². The maximum Gasteiger partial charge on any atom is 0.118 e. The van der Waals surface area contributed by atoms with E-state index in [4.69, 9.17) is 10.5 Å². The minimum atomic E-state index is 0.699. The van der Waals surface area contributed by atoms with Gasteiger partial charge in [-0.25, -0.2) is 0 Å². The third-order valence-electron chi connectivity index (χ3n) is 2.96. The molecule has 0 fully saturated rings. The minimum absolute atomic E-state index is 0.699. The van der Waals surface area contributed by atoms with Crippen LogP contribution in [0.1, 0.15) is 11.1 Å². The number of methoxy groups -OCH3 is 1. The molecule has 3 heteroatoms. The standard InChI is InChI=1S/C16H19NOS/c1-12-11-13(9-10-17)3-8-16(12)19-15-6-4-14(18-2)5-7-15/h3-8,11H,9-10,17H2,1-2H3. The number of hydrogen-bond donors (Lipinski definition) is 1. The van der Waals surface area contributed by atoms with E-state index < -0.39 is 0 Å². The highest BCUT2D eigenvalue weighted by Crippen LogP contribution is 2.31. The van der Waals surface area contributed by atoms with Crippen LogP contribution in [-0.4, -0.2) is 13.7 Å². The monoisotopic (exact) mass is 273 g/mol. The first kappa shape index (κ1) is 14.0. The van der Waals surface area contributed by atoms with Gasteiger partial charge in [0.15, 0.2) is 0 Å². The van der Waals surface area contributed by atoms with Crippen molar-refractivity contribution in [1.29, 1.82) is 0 Å². The van der Waals surface area contributed by atoms with Crippen LogP contribution in [0.4, 0.5) is 0 Å². The smallest absolute Gasteiger partial charge is 0.118 e. The van der Waals surface area contributed by atoms with Gasteiger partial charge in [-0.15, -0.1) is 0 Å². The molecule has 0 aliphatic rings. The number of rotatable bonds is 5. The van der Waals surface area contributed by atoms with Crippen LogP contribution in [0.25, 0.3) is 0 Å². The van der Waals surface area contributed by atoms with Crippen LogP contribution < -0.4 is 10.5 Å². The SMILES string of the molecule is COc1ccc(Sc2ccc(CCN)cc2C)cc1. The molecular weight excluding hydrogens is 254 g/mol. The van der Waals surface area contributed by atoms with Gasteiger partial charge in [0.05, 0.1) is 7.11 Å². The van der Waals surface area contributed by atoms with Gasteiger partial charge >= 0.3 is 0 Å². The average Bonchev–Trinajstić information content (AvgIpc) is 2.43. The predicted octanol–water partition coefficient (Wildman–Crippen LogP) is 3.66. The fourth-order valence-electron chi connectivity index (χ4n) is 1.92. The Kier molecular flexibility index (Phi) is 4.88. The first-order valence-electron chi connectivity index (χ1n) is 6.34. The molecule has 2 nitrogen and oxygen atoms in total. The van der Waals surface area contributed by atoms with E-state index in [0.717, 1.165) is 12.2 Å². The van der Waals surface area contributed by atoms with Gasteiger partial charge < -0.3 is 10.5 Å². The Hall–Kier alpha value is -1.45.